The number of ether oxygens (including phenoxy) is 1. The average Bonchev–Trinajstić information content (AvgIpc) is 2.85. The Bertz CT molecular complexity index is 946. The van der Waals surface area contributed by atoms with Gasteiger partial charge in [-0.2, -0.15) is 5.26 Å². The number of nitriles is 1. The number of rotatable bonds is 7. The van der Waals surface area contributed by atoms with Crippen molar-refractivity contribution < 1.29 is 4.74 Å². The molecule has 2 aromatic rings. The van der Waals surface area contributed by atoms with Gasteiger partial charge in [0.2, 0.25) is 0 Å². The minimum Gasteiger partial charge on any atom is -0.381 e. The van der Waals surface area contributed by atoms with E-state index in [2.05, 4.69) is 22.4 Å². The van der Waals surface area contributed by atoms with Gasteiger partial charge in [-0.15, -0.1) is 0 Å². The summed E-state index contributed by atoms with van der Waals surface area (Å²) in [5, 5.41) is 13.7. The van der Waals surface area contributed by atoms with E-state index in [0.29, 0.717) is 36.6 Å². The largest absolute Gasteiger partial charge is 0.381 e. The standard InChI is InChI=1S/C25H32ClN5O/c26-22-15-29-20(12-18-4-6-19(14-27)7-5-18)13-21(22)23-2-1-3-24(31-23)30-17-25(16-28)8-10-32-11-9-25/h1-3,13,15,18-19H,4-12,14,17,27H2,(H,30,31). The minimum absolute atomic E-state index is 0.402. The highest BCUT2D eigenvalue weighted by Gasteiger charge is 2.32. The molecular formula is C25H32ClN5O. The van der Waals surface area contributed by atoms with Crippen LogP contribution in [-0.2, 0) is 11.2 Å². The highest BCUT2D eigenvalue weighted by atomic mass is 35.5. The summed E-state index contributed by atoms with van der Waals surface area (Å²) in [5.74, 6) is 2.08. The normalized spacial score (nSPS) is 22.8. The van der Waals surface area contributed by atoms with Crippen molar-refractivity contribution in [2.75, 3.05) is 31.6 Å². The lowest BCUT2D eigenvalue weighted by Gasteiger charge is -2.30. The van der Waals surface area contributed by atoms with Crippen molar-refractivity contribution in [3.63, 3.8) is 0 Å². The number of pyridine rings is 2. The molecule has 1 aliphatic carbocycles. The molecule has 3 N–H and O–H groups in total. The summed E-state index contributed by atoms with van der Waals surface area (Å²) in [6.07, 6.45) is 9.04. The SMILES string of the molecule is N#CC1(CNc2cccc(-c3cc(CC4CCC(CN)CC4)ncc3Cl)n2)CCOCC1. The second-order valence-corrected chi connectivity index (χ2v) is 9.66. The van der Waals surface area contributed by atoms with Gasteiger partial charge in [-0.3, -0.25) is 4.98 Å². The van der Waals surface area contributed by atoms with Crippen LogP contribution in [0.15, 0.2) is 30.5 Å². The fourth-order valence-corrected chi connectivity index (χ4v) is 4.99. The van der Waals surface area contributed by atoms with E-state index < -0.39 is 5.41 Å². The number of aromatic nitrogens is 2. The van der Waals surface area contributed by atoms with Crippen molar-refractivity contribution in [1.82, 2.24) is 9.97 Å². The first-order valence-electron chi connectivity index (χ1n) is 11.7. The van der Waals surface area contributed by atoms with Crippen molar-refractivity contribution in [3.8, 4) is 17.3 Å². The molecule has 32 heavy (non-hydrogen) atoms. The van der Waals surface area contributed by atoms with Crippen molar-refractivity contribution in [2.24, 2.45) is 23.0 Å². The van der Waals surface area contributed by atoms with Gasteiger partial charge in [0.25, 0.3) is 0 Å². The molecule has 170 valence electrons. The second kappa shape index (κ2) is 10.6. The van der Waals surface area contributed by atoms with E-state index in [0.717, 1.165) is 48.6 Å². The average molecular weight is 454 g/mol. The molecule has 1 saturated heterocycles. The zero-order valence-electron chi connectivity index (χ0n) is 18.5. The molecule has 7 heteroatoms. The molecule has 3 heterocycles. The monoisotopic (exact) mass is 453 g/mol. The topological polar surface area (TPSA) is 96.9 Å². The number of nitrogens with two attached hydrogens (primary N) is 1. The third kappa shape index (κ3) is 5.58. The molecular weight excluding hydrogens is 422 g/mol. The lowest BCUT2D eigenvalue weighted by molar-refractivity contribution is 0.0455. The first kappa shape index (κ1) is 23.0. The predicted octanol–water partition coefficient (Wildman–Crippen LogP) is 4.84. The van der Waals surface area contributed by atoms with Gasteiger partial charge in [0, 0.05) is 37.2 Å². The number of halogens is 1. The van der Waals surface area contributed by atoms with E-state index in [1.807, 2.05) is 18.2 Å². The fourth-order valence-electron chi connectivity index (χ4n) is 4.79. The fraction of sp³-hybridized carbons (Fsp3) is 0.560. The van der Waals surface area contributed by atoms with E-state index in [1.165, 1.54) is 25.7 Å². The molecule has 0 radical (unpaired) electrons. The van der Waals surface area contributed by atoms with Crippen LogP contribution in [0.25, 0.3) is 11.3 Å². The van der Waals surface area contributed by atoms with Gasteiger partial charge >= 0.3 is 0 Å². The number of anilines is 1. The smallest absolute Gasteiger partial charge is 0.126 e. The second-order valence-electron chi connectivity index (χ2n) is 9.25. The maximum atomic E-state index is 9.69. The molecule has 0 amide bonds. The Morgan fingerprint density at radius 1 is 1.19 bits per heavy atom. The lowest BCUT2D eigenvalue weighted by Crippen LogP contribution is -2.34. The van der Waals surface area contributed by atoms with Crippen molar-refractivity contribution in [2.45, 2.75) is 44.9 Å². The summed E-state index contributed by atoms with van der Waals surface area (Å²) in [4.78, 5) is 9.37. The van der Waals surface area contributed by atoms with Gasteiger partial charge in [0.1, 0.15) is 5.82 Å². The third-order valence-corrected chi connectivity index (χ3v) is 7.33. The molecule has 4 rings (SSSR count). The van der Waals surface area contributed by atoms with Crippen LogP contribution in [0.2, 0.25) is 5.02 Å². The quantitative estimate of drug-likeness (QED) is 0.622. The zero-order chi connectivity index (χ0) is 22.4. The summed E-state index contributed by atoms with van der Waals surface area (Å²) >= 11 is 6.51. The summed E-state index contributed by atoms with van der Waals surface area (Å²) in [5.41, 5.74) is 8.21. The maximum Gasteiger partial charge on any atom is 0.126 e. The summed E-state index contributed by atoms with van der Waals surface area (Å²) in [6.45, 7) is 2.62. The van der Waals surface area contributed by atoms with E-state index in [9.17, 15) is 5.26 Å². The van der Waals surface area contributed by atoms with E-state index in [4.69, 9.17) is 27.1 Å². The van der Waals surface area contributed by atoms with Gasteiger partial charge < -0.3 is 15.8 Å². The molecule has 0 spiro atoms. The minimum atomic E-state index is -0.402. The van der Waals surface area contributed by atoms with Crippen LogP contribution in [0.4, 0.5) is 5.82 Å². The zero-order valence-corrected chi connectivity index (χ0v) is 19.3. The molecule has 6 nitrogen and oxygen atoms in total. The molecule has 2 aliphatic rings. The Hall–Kier alpha value is -2.20. The molecule has 2 aromatic heterocycles. The lowest BCUT2D eigenvalue weighted by atomic mass is 9.80. The van der Waals surface area contributed by atoms with Crippen LogP contribution in [0, 0.1) is 28.6 Å². The summed E-state index contributed by atoms with van der Waals surface area (Å²) < 4.78 is 5.42. The molecule has 0 aromatic carbocycles. The molecule has 0 atom stereocenters. The van der Waals surface area contributed by atoms with Crippen LogP contribution in [0.1, 0.15) is 44.2 Å². The first-order valence-corrected chi connectivity index (χ1v) is 12.0. The third-order valence-electron chi connectivity index (χ3n) is 7.03. The molecule has 1 saturated carbocycles. The summed E-state index contributed by atoms with van der Waals surface area (Å²) in [6, 6.07) is 10.4. The van der Waals surface area contributed by atoms with Crippen molar-refractivity contribution in [1.29, 1.82) is 5.26 Å². The summed E-state index contributed by atoms with van der Waals surface area (Å²) in [7, 11) is 0. The van der Waals surface area contributed by atoms with Crippen LogP contribution < -0.4 is 11.1 Å². The van der Waals surface area contributed by atoms with E-state index in [1.54, 1.807) is 6.20 Å². The molecule has 0 unspecified atom stereocenters. The Labute approximate surface area is 195 Å². The van der Waals surface area contributed by atoms with Crippen LogP contribution >= 0.6 is 11.6 Å². The van der Waals surface area contributed by atoms with Gasteiger partial charge in [-0.05, 0) is 81.5 Å². The van der Waals surface area contributed by atoms with Crippen LogP contribution in [0.3, 0.4) is 0 Å². The first-order chi connectivity index (χ1) is 15.6. The maximum absolute atomic E-state index is 9.69. The van der Waals surface area contributed by atoms with Crippen molar-refractivity contribution in [3.05, 3.63) is 41.2 Å². The number of hydrogen-bond acceptors (Lipinski definition) is 6. The molecule has 0 bridgehead atoms. The Morgan fingerprint density at radius 2 is 1.94 bits per heavy atom. The molecule has 1 aliphatic heterocycles. The van der Waals surface area contributed by atoms with Crippen molar-refractivity contribution >= 4 is 17.4 Å². The number of hydrogen-bond donors (Lipinski definition) is 2. The van der Waals surface area contributed by atoms with E-state index in [-0.39, 0.29) is 0 Å². The van der Waals surface area contributed by atoms with Crippen LogP contribution in [0.5, 0.6) is 0 Å². The van der Waals surface area contributed by atoms with Crippen LogP contribution in [-0.4, -0.2) is 36.3 Å². The number of nitrogens with one attached hydrogen (secondary N) is 1. The Kier molecular flexibility index (Phi) is 7.62. The highest BCUT2D eigenvalue weighted by molar-refractivity contribution is 6.33. The Balaban J connectivity index is 1.45. The molecule has 2 fully saturated rings. The van der Waals surface area contributed by atoms with Gasteiger partial charge in [-0.25, -0.2) is 4.98 Å². The predicted molar refractivity (Wildman–Crippen MR) is 127 cm³/mol. The van der Waals surface area contributed by atoms with Gasteiger partial charge in [0.05, 0.1) is 22.2 Å². The van der Waals surface area contributed by atoms with Gasteiger partial charge in [0.15, 0.2) is 0 Å². The highest BCUT2D eigenvalue weighted by Crippen LogP contribution is 2.33. The number of nitrogens with zero attached hydrogens (tertiary/aromatic N) is 3. The Morgan fingerprint density at radius 3 is 2.66 bits per heavy atom. The van der Waals surface area contributed by atoms with Gasteiger partial charge in [-0.1, -0.05) is 17.7 Å². The van der Waals surface area contributed by atoms with E-state index >= 15 is 0 Å².